The highest BCUT2D eigenvalue weighted by Crippen LogP contribution is 2.23. The second-order valence-electron chi connectivity index (χ2n) is 7.43. The van der Waals surface area contributed by atoms with Crippen molar-refractivity contribution in [3.8, 4) is 5.75 Å². The first-order valence-corrected chi connectivity index (χ1v) is 10.4. The predicted octanol–water partition coefficient (Wildman–Crippen LogP) is 2.57. The van der Waals surface area contributed by atoms with Crippen molar-refractivity contribution in [2.24, 2.45) is 0 Å². The summed E-state index contributed by atoms with van der Waals surface area (Å²) >= 11 is 4.34. The Morgan fingerprint density at radius 1 is 1.31 bits per heavy atom. The Morgan fingerprint density at radius 2 is 1.97 bits per heavy atom. The van der Waals surface area contributed by atoms with Gasteiger partial charge in [0.1, 0.15) is 12.0 Å². The molecule has 7 nitrogen and oxygen atoms in total. The van der Waals surface area contributed by atoms with Gasteiger partial charge in [-0.3, -0.25) is 4.79 Å². The lowest BCUT2D eigenvalue weighted by atomic mass is 10.1. The molecule has 29 heavy (non-hydrogen) atoms. The minimum Gasteiger partial charge on any atom is -0.497 e. The number of oxazole rings is 1. The molecular formula is C21H30N4O3S. The van der Waals surface area contributed by atoms with Gasteiger partial charge in [0.2, 0.25) is 5.89 Å². The van der Waals surface area contributed by atoms with E-state index >= 15 is 0 Å². The van der Waals surface area contributed by atoms with E-state index < -0.39 is 0 Å². The third-order valence-corrected chi connectivity index (χ3v) is 5.70. The van der Waals surface area contributed by atoms with Crippen LogP contribution in [0.5, 0.6) is 5.75 Å². The van der Waals surface area contributed by atoms with Crippen LogP contribution < -0.4 is 15.4 Å². The average Bonchev–Trinajstić information content (AvgIpc) is 3.46. The van der Waals surface area contributed by atoms with Crippen LogP contribution in [0.1, 0.15) is 40.3 Å². The fraction of sp³-hybridized carbons (Fsp3) is 0.524. The smallest absolute Gasteiger partial charge is 0.275 e. The number of hydrogen-bond acceptors (Lipinski definition) is 7. The number of carbonyl (C=O) groups excluding carboxylic acids is 1. The van der Waals surface area contributed by atoms with E-state index in [4.69, 9.17) is 9.15 Å². The molecule has 1 amide bonds. The molecule has 2 N–H and O–H groups in total. The van der Waals surface area contributed by atoms with Crippen molar-refractivity contribution in [2.75, 3.05) is 33.3 Å². The third kappa shape index (κ3) is 6.22. The predicted molar refractivity (Wildman–Crippen MR) is 115 cm³/mol. The molecule has 158 valence electrons. The fourth-order valence-corrected chi connectivity index (χ4v) is 3.20. The molecule has 1 aliphatic heterocycles. The number of nitrogens with zero attached hydrogens (tertiary/aromatic N) is 2. The Labute approximate surface area is 177 Å². The summed E-state index contributed by atoms with van der Waals surface area (Å²) in [5.74, 6) is 1.47. The van der Waals surface area contributed by atoms with Gasteiger partial charge in [-0.1, -0.05) is 0 Å². The summed E-state index contributed by atoms with van der Waals surface area (Å²) in [4.78, 5) is 19.2. The first-order chi connectivity index (χ1) is 14.0. The highest BCUT2D eigenvalue weighted by atomic mass is 32.1. The molecule has 1 saturated heterocycles. The average molecular weight is 419 g/mol. The molecule has 0 spiro atoms. The fourth-order valence-electron chi connectivity index (χ4n) is 3.07. The van der Waals surface area contributed by atoms with Gasteiger partial charge in [-0.2, -0.15) is 0 Å². The van der Waals surface area contributed by atoms with Gasteiger partial charge in [0.05, 0.1) is 13.7 Å². The zero-order valence-corrected chi connectivity index (χ0v) is 18.2. The quantitative estimate of drug-likeness (QED) is 0.648. The summed E-state index contributed by atoms with van der Waals surface area (Å²) in [7, 11) is 1.67. The minimum atomic E-state index is -0.0297. The first kappa shape index (κ1) is 21.7. The van der Waals surface area contributed by atoms with Crippen LogP contribution in [0, 0.1) is 13.8 Å². The van der Waals surface area contributed by atoms with Gasteiger partial charge in [0.15, 0.2) is 5.69 Å². The van der Waals surface area contributed by atoms with Crippen LogP contribution in [-0.4, -0.2) is 55.1 Å². The van der Waals surface area contributed by atoms with E-state index in [1.54, 1.807) is 7.11 Å². The molecule has 1 aromatic carbocycles. The van der Waals surface area contributed by atoms with Crippen molar-refractivity contribution in [1.82, 2.24) is 20.5 Å². The molecular weight excluding hydrogens is 388 g/mol. The SMILES string of the molecule is COc1cc(C)c(S)c(C)c1.O=C(c1coc(CNC2CC2)n1)N1CCNCC1. The molecule has 1 aromatic heterocycles. The zero-order chi connectivity index (χ0) is 20.8. The lowest BCUT2D eigenvalue weighted by Gasteiger charge is -2.26. The molecule has 2 fully saturated rings. The Bertz CT molecular complexity index is 806. The van der Waals surface area contributed by atoms with Crippen LogP contribution in [0.4, 0.5) is 0 Å². The molecule has 1 aliphatic carbocycles. The lowest BCUT2D eigenvalue weighted by molar-refractivity contribution is 0.0730. The Morgan fingerprint density at radius 3 is 2.55 bits per heavy atom. The van der Waals surface area contributed by atoms with E-state index in [1.165, 1.54) is 19.1 Å². The number of piperazine rings is 1. The van der Waals surface area contributed by atoms with E-state index in [0.717, 1.165) is 48.0 Å². The van der Waals surface area contributed by atoms with E-state index in [-0.39, 0.29) is 5.91 Å². The number of aryl methyl sites for hydroxylation is 2. The van der Waals surface area contributed by atoms with Crippen LogP contribution in [0.15, 0.2) is 27.7 Å². The van der Waals surface area contributed by atoms with E-state index in [2.05, 4.69) is 28.2 Å². The van der Waals surface area contributed by atoms with Gasteiger partial charge in [0.25, 0.3) is 5.91 Å². The number of methoxy groups -OCH3 is 1. The maximum Gasteiger partial charge on any atom is 0.275 e. The van der Waals surface area contributed by atoms with E-state index in [9.17, 15) is 4.79 Å². The largest absolute Gasteiger partial charge is 0.497 e. The summed E-state index contributed by atoms with van der Waals surface area (Å²) in [6.45, 7) is 7.83. The Hall–Kier alpha value is -2.03. The van der Waals surface area contributed by atoms with Crippen molar-refractivity contribution in [2.45, 2.75) is 44.2 Å². The number of rotatable bonds is 5. The Balaban J connectivity index is 0.000000188. The van der Waals surface area contributed by atoms with Gasteiger partial charge in [-0.15, -0.1) is 12.6 Å². The van der Waals surface area contributed by atoms with Gasteiger partial charge >= 0.3 is 0 Å². The molecule has 0 atom stereocenters. The van der Waals surface area contributed by atoms with Crippen molar-refractivity contribution >= 4 is 18.5 Å². The number of carbonyl (C=O) groups is 1. The molecule has 0 bridgehead atoms. The third-order valence-electron chi connectivity index (χ3n) is 4.99. The second-order valence-corrected chi connectivity index (χ2v) is 7.88. The lowest BCUT2D eigenvalue weighted by Crippen LogP contribution is -2.46. The molecule has 2 aliphatic rings. The van der Waals surface area contributed by atoms with Gasteiger partial charge < -0.3 is 24.7 Å². The molecule has 2 aromatic rings. The summed E-state index contributed by atoms with van der Waals surface area (Å²) in [5, 5.41) is 6.53. The van der Waals surface area contributed by atoms with Gasteiger partial charge in [0, 0.05) is 37.1 Å². The molecule has 0 radical (unpaired) electrons. The van der Waals surface area contributed by atoms with Crippen molar-refractivity contribution in [1.29, 1.82) is 0 Å². The summed E-state index contributed by atoms with van der Waals surface area (Å²) in [5.41, 5.74) is 2.74. The van der Waals surface area contributed by atoms with Gasteiger partial charge in [-0.05, 0) is 49.9 Å². The second kappa shape index (κ2) is 10.1. The normalized spacial score (nSPS) is 16.2. The first-order valence-electron chi connectivity index (χ1n) is 10.00. The number of ether oxygens (including phenoxy) is 1. The maximum absolute atomic E-state index is 12.1. The Kier molecular flexibility index (Phi) is 7.57. The van der Waals surface area contributed by atoms with Crippen molar-refractivity contribution < 1.29 is 13.9 Å². The van der Waals surface area contributed by atoms with Crippen LogP contribution in [0.25, 0.3) is 0 Å². The number of hydrogen-bond donors (Lipinski definition) is 3. The van der Waals surface area contributed by atoms with Crippen LogP contribution in [-0.2, 0) is 6.54 Å². The van der Waals surface area contributed by atoms with E-state index in [1.807, 2.05) is 30.9 Å². The van der Waals surface area contributed by atoms with Crippen LogP contribution >= 0.6 is 12.6 Å². The highest BCUT2D eigenvalue weighted by Gasteiger charge is 2.23. The van der Waals surface area contributed by atoms with Crippen LogP contribution in [0.2, 0.25) is 0 Å². The number of amides is 1. The summed E-state index contributed by atoms with van der Waals surface area (Å²) in [6, 6.07) is 4.58. The topological polar surface area (TPSA) is 79.6 Å². The number of nitrogens with one attached hydrogen (secondary N) is 2. The van der Waals surface area contributed by atoms with E-state index in [0.29, 0.717) is 24.2 Å². The molecule has 1 saturated carbocycles. The minimum absolute atomic E-state index is 0.0297. The maximum atomic E-state index is 12.1. The molecule has 0 unspecified atom stereocenters. The number of benzene rings is 1. The molecule has 2 heterocycles. The van der Waals surface area contributed by atoms with Crippen LogP contribution in [0.3, 0.4) is 0 Å². The van der Waals surface area contributed by atoms with Gasteiger partial charge in [-0.25, -0.2) is 4.98 Å². The summed E-state index contributed by atoms with van der Waals surface area (Å²) in [6.07, 6.45) is 3.93. The number of thiol groups is 1. The van der Waals surface area contributed by atoms with Crippen molar-refractivity contribution in [3.05, 3.63) is 41.1 Å². The summed E-state index contributed by atoms with van der Waals surface area (Å²) < 4.78 is 10.4. The standard InChI is InChI=1S/C12H18N4O2.C9H12OS/c17-12(16-5-3-13-4-6-16)10-8-18-11(15-10)7-14-9-1-2-9;1-6-4-8(10-3)5-7(2)9(6)11/h8-9,13-14H,1-7H2;4-5,11H,1-3H3. The van der Waals surface area contributed by atoms with Crippen molar-refractivity contribution in [3.63, 3.8) is 0 Å². The number of aromatic nitrogens is 1. The molecule has 4 rings (SSSR count). The highest BCUT2D eigenvalue weighted by molar-refractivity contribution is 7.80. The monoisotopic (exact) mass is 418 g/mol. The zero-order valence-electron chi connectivity index (χ0n) is 17.3. The molecule has 8 heteroatoms.